The molecule has 1 unspecified atom stereocenters. The number of imide groups is 1. The van der Waals surface area contributed by atoms with Gasteiger partial charge in [0.05, 0.1) is 47.2 Å². The van der Waals surface area contributed by atoms with E-state index in [0.29, 0.717) is 66.3 Å². The van der Waals surface area contributed by atoms with Crippen molar-refractivity contribution in [2.24, 2.45) is 18.9 Å². The molecule has 2 N–H and O–H groups in total. The number of ether oxygens (including phenoxy) is 3. The molecule has 4 atom stereocenters. The van der Waals surface area contributed by atoms with E-state index in [1.807, 2.05) is 45.2 Å². The van der Waals surface area contributed by atoms with Gasteiger partial charge in [-0.2, -0.15) is 5.10 Å². The van der Waals surface area contributed by atoms with Gasteiger partial charge in [0.2, 0.25) is 17.7 Å². The minimum Gasteiger partial charge on any atom is -0.481 e. The first-order chi connectivity index (χ1) is 31.5. The lowest BCUT2D eigenvalue weighted by Gasteiger charge is -2.48. The van der Waals surface area contributed by atoms with E-state index < -0.39 is 6.10 Å². The lowest BCUT2D eigenvalue weighted by Crippen LogP contribution is -2.60. The number of piperazine rings is 1. The fraction of sp³-hybridized carbons (Fsp3) is 0.510. The number of nitrogens with one attached hydrogen (secondary N) is 2. The highest BCUT2D eigenvalue weighted by molar-refractivity contribution is 6.05. The lowest BCUT2D eigenvalue weighted by molar-refractivity contribution is -0.138. The number of piperidine rings is 2. The third-order valence-corrected chi connectivity index (χ3v) is 14.3. The fourth-order valence-corrected chi connectivity index (χ4v) is 11.1. The number of rotatable bonds is 7. The number of hydrogen-bond donors (Lipinski definition) is 2. The zero-order valence-corrected chi connectivity index (χ0v) is 38.1. The van der Waals surface area contributed by atoms with Crippen LogP contribution in [-0.4, -0.2) is 118 Å². The molecule has 3 saturated heterocycles. The van der Waals surface area contributed by atoms with E-state index in [2.05, 4.69) is 66.2 Å². The van der Waals surface area contributed by atoms with Crippen molar-refractivity contribution in [3.63, 3.8) is 0 Å². The monoisotopic (exact) mass is 884 g/mol. The van der Waals surface area contributed by atoms with Crippen LogP contribution in [0.3, 0.4) is 0 Å². The van der Waals surface area contributed by atoms with Crippen LogP contribution in [0.4, 0.5) is 17.3 Å². The van der Waals surface area contributed by atoms with Gasteiger partial charge in [-0.15, -0.1) is 0 Å². The Kier molecular flexibility index (Phi) is 11.7. The second-order valence-corrected chi connectivity index (χ2v) is 18.8. The molecular weight excluding hydrogens is 825 g/mol. The molecule has 65 heavy (non-hydrogen) atoms. The van der Waals surface area contributed by atoms with Crippen molar-refractivity contribution in [1.82, 2.24) is 34.5 Å². The first-order valence-corrected chi connectivity index (χ1v) is 23.3. The third kappa shape index (κ3) is 8.65. The number of imidazole rings is 1. The van der Waals surface area contributed by atoms with Crippen LogP contribution in [0.25, 0.3) is 22.3 Å². The highest BCUT2D eigenvalue weighted by Crippen LogP contribution is 2.39. The molecule has 1 saturated carbocycles. The summed E-state index contributed by atoms with van der Waals surface area (Å²) >= 11 is 0. The predicted octanol–water partition coefficient (Wildman–Crippen LogP) is 5.81. The highest BCUT2D eigenvalue weighted by Gasteiger charge is 2.36. The van der Waals surface area contributed by atoms with Crippen LogP contribution in [0.15, 0.2) is 48.5 Å². The molecule has 0 radical (unpaired) electrons. The zero-order valence-electron chi connectivity index (χ0n) is 38.1. The van der Waals surface area contributed by atoms with Crippen LogP contribution in [0.2, 0.25) is 0 Å². The summed E-state index contributed by atoms with van der Waals surface area (Å²) in [5.74, 6) is 1.86. The van der Waals surface area contributed by atoms with E-state index in [0.717, 1.165) is 111 Å². The maximum atomic E-state index is 14.1. The SMILES string of the molecule is COC[C@H]1CN(c2ccc3nc4n(c3c2)C[C@@H]2CC[C@H](COc3c(c(C)nn3C)-c3cc(cc(C)n3)C(=O)N4)C2)CCN1C1CCN(c2ccc(OC3CCC(=O)NC3=O)cc2C)CC1. The fourth-order valence-electron chi connectivity index (χ4n) is 11.1. The number of hydrogen-bond acceptors (Lipinski definition) is 12. The topological polar surface area (TPSA) is 161 Å². The van der Waals surface area contributed by atoms with Crippen LogP contribution in [0, 0.1) is 32.6 Å². The zero-order chi connectivity index (χ0) is 44.9. The first-order valence-electron chi connectivity index (χ1n) is 23.3. The highest BCUT2D eigenvalue weighted by atomic mass is 16.5. The normalized spacial score (nSPS) is 23.3. The number of amides is 3. The van der Waals surface area contributed by atoms with Crippen molar-refractivity contribution < 1.29 is 28.6 Å². The second-order valence-electron chi connectivity index (χ2n) is 18.8. The van der Waals surface area contributed by atoms with E-state index in [9.17, 15) is 14.4 Å². The Morgan fingerprint density at radius 1 is 0.846 bits per heavy atom. The van der Waals surface area contributed by atoms with Crippen molar-refractivity contribution in [3.05, 3.63) is 71.0 Å². The van der Waals surface area contributed by atoms with Gasteiger partial charge in [-0.05, 0) is 119 Å². The molecule has 3 amide bonds. The summed E-state index contributed by atoms with van der Waals surface area (Å²) in [6, 6.07) is 16.9. The standard InChI is InChI=1S/C49H60N10O6/c1-29-20-38(65-43-12-13-44(60)52-47(43)62)9-11-41(29)56-16-14-35(15-17-56)58-19-18-57(26-37(58)28-63-5)36-8-10-39-42(24-36)59-25-32-6-7-33(22-32)27-64-48-45(31(3)54-55(48)4)40-23-34(21-30(2)50-40)46(61)53-49(59)51-39/h8-11,20-21,23-24,32-33,35,37,43H,6-7,12-19,22,25-28H2,1-5H3,(H,51,53,61)(H,52,60,62)/t32-,33+,37-,43?/m1/s1. The molecule has 16 heteroatoms. The van der Waals surface area contributed by atoms with Gasteiger partial charge in [0.1, 0.15) is 5.75 Å². The summed E-state index contributed by atoms with van der Waals surface area (Å²) in [5, 5.41) is 10.3. The van der Waals surface area contributed by atoms with E-state index >= 15 is 0 Å². The Morgan fingerprint density at radius 3 is 2.48 bits per heavy atom. The lowest BCUT2D eigenvalue weighted by atomic mass is 9.98. The molecule has 0 spiro atoms. The molecule has 16 nitrogen and oxygen atoms in total. The van der Waals surface area contributed by atoms with Crippen LogP contribution < -0.4 is 29.9 Å². The van der Waals surface area contributed by atoms with E-state index in [-0.39, 0.29) is 30.2 Å². The molecular formula is C49H60N10O6. The van der Waals surface area contributed by atoms with Crippen molar-refractivity contribution in [2.75, 3.05) is 68.2 Å². The number of anilines is 3. The molecule has 4 bridgehead atoms. The van der Waals surface area contributed by atoms with Gasteiger partial charge < -0.3 is 28.6 Å². The third-order valence-electron chi connectivity index (χ3n) is 14.3. The number of carbonyl (C=O) groups excluding carboxylic acids is 3. The maximum Gasteiger partial charge on any atom is 0.267 e. The first kappa shape index (κ1) is 42.9. The van der Waals surface area contributed by atoms with Crippen molar-refractivity contribution >= 4 is 46.1 Å². The van der Waals surface area contributed by atoms with E-state index in [4.69, 9.17) is 24.2 Å². The number of fused-ring (bicyclic) bond motifs is 9. The molecule has 10 rings (SSSR count). The van der Waals surface area contributed by atoms with Crippen molar-refractivity contribution in [3.8, 4) is 22.9 Å². The average molecular weight is 885 g/mol. The maximum absolute atomic E-state index is 14.1. The Balaban J connectivity index is 0.847. The molecule has 5 aliphatic rings. The largest absolute Gasteiger partial charge is 0.481 e. The Bertz CT molecular complexity index is 2630. The predicted molar refractivity (Wildman–Crippen MR) is 248 cm³/mol. The van der Waals surface area contributed by atoms with Crippen LogP contribution >= 0.6 is 0 Å². The van der Waals surface area contributed by atoms with Crippen LogP contribution in [0.1, 0.15) is 72.3 Å². The van der Waals surface area contributed by atoms with Crippen LogP contribution in [0.5, 0.6) is 11.6 Å². The Morgan fingerprint density at radius 2 is 1.68 bits per heavy atom. The van der Waals surface area contributed by atoms with Gasteiger partial charge in [-0.25, -0.2) is 9.67 Å². The average Bonchev–Trinajstić information content (AvgIpc) is 3.97. The van der Waals surface area contributed by atoms with E-state index in [1.165, 1.54) is 5.69 Å². The number of aromatic nitrogens is 5. The molecule has 4 aliphatic heterocycles. The van der Waals surface area contributed by atoms with Gasteiger partial charge in [0, 0.05) is 94.9 Å². The van der Waals surface area contributed by atoms with Crippen molar-refractivity contribution in [2.45, 2.75) is 90.4 Å². The minimum atomic E-state index is -0.651. The Hall–Kier alpha value is -6.00. The van der Waals surface area contributed by atoms with Gasteiger partial charge in [0.15, 0.2) is 6.10 Å². The number of nitrogens with zero attached hydrogens (tertiary/aromatic N) is 8. The second kappa shape index (κ2) is 17.8. The summed E-state index contributed by atoms with van der Waals surface area (Å²) in [4.78, 5) is 55.5. The van der Waals surface area contributed by atoms with Crippen molar-refractivity contribution in [1.29, 1.82) is 0 Å². The summed E-state index contributed by atoms with van der Waals surface area (Å²) in [5.41, 5.74) is 8.85. The molecule has 4 fully saturated rings. The Labute approximate surface area is 379 Å². The minimum absolute atomic E-state index is 0.228. The quantitative estimate of drug-likeness (QED) is 0.189. The summed E-state index contributed by atoms with van der Waals surface area (Å²) in [6.45, 7) is 12.5. The molecule has 7 heterocycles. The van der Waals surface area contributed by atoms with Gasteiger partial charge in [0.25, 0.3) is 11.8 Å². The summed E-state index contributed by atoms with van der Waals surface area (Å²) < 4.78 is 22.4. The smallest absolute Gasteiger partial charge is 0.267 e. The number of benzene rings is 2. The molecule has 342 valence electrons. The molecule has 1 aliphatic carbocycles. The number of aryl methyl sites for hydroxylation is 4. The molecule has 5 aromatic rings. The van der Waals surface area contributed by atoms with Gasteiger partial charge in [-0.3, -0.25) is 34.9 Å². The molecule has 3 aromatic heterocycles. The van der Waals surface area contributed by atoms with Gasteiger partial charge in [-0.1, -0.05) is 0 Å². The number of pyridine rings is 1. The van der Waals surface area contributed by atoms with E-state index in [1.54, 1.807) is 11.8 Å². The summed E-state index contributed by atoms with van der Waals surface area (Å²) in [7, 11) is 3.70. The summed E-state index contributed by atoms with van der Waals surface area (Å²) in [6.07, 6.45) is 5.29. The van der Waals surface area contributed by atoms with Crippen LogP contribution in [-0.2, 0) is 27.9 Å². The number of methoxy groups -OCH3 is 1. The molecule has 2 aromatic carbocycles. The van der Waals surface area contributed by atoms with Gasteiger partial charge >= 0.3 is 0 Å². The number of carbonyl (C=O) groups is 3.